The molecule has 0 saturated carbocycles. The Morgan fingerprint density at radius 3 is 2.85 bits per heavy atom. The maximum Gasteiger partial charge on any atom is 0.222 e. The molecule has 0 bridgehead atoms. The first-order valence-corrected chi connectivity index (χ1v) is 12.0. The van der Waals surface area contributed by atoms with Gasteiger partial charge in [0.1, 0.15) is 0 Å². The molecular weight excluding hydrogens is 434 g/mol. The zero-order valence-electron chi connectivity index (χ0n) is 19.1. The lowest BCUT2D eigenvalue weighted by Gasteiger charge is -2.27. The maximum absolute atomic E-state index is 12.1. The van der Waals surface area contributed by atoms with E-state index in [9.17, 15) is 4.79 Å². The van der Waals surface area contributed by atoms with Crippen molar-refractivity contribution in [1.82, 2.24) is 20.9 Å². The largest absolute Gasteiger partial charge is 0.378 e. The number of anilines is 1. The molecule has 0 fully saturated rings. The fourth-order valence-electron chi connectivity index (χ4n) is 4.97. The standard InChI is InChI=1S/C26H30ClN5O/c1-3-25(33)31-12-9-18(10-13-31)19-7-8-22-23(15-19)24(28-21-6-4-5-20(27)16-21)11-14-32-26(22)17(2)29-30-32/h4-9,15-16,24,28-30H,3,10-14H2,1-2H3. The highest BCUT2D eigenvalue weighted by Crippen LogP contribution is 2.39. The number of nitrogens with zero attached hydrogens (tertiary/aromatic N) is 2. The van der Waals surface area contributed by atoms with Crippen LogP contribution in [0.4, 0.5) is 5.69 Å². The van der Waals surface area contributed by atoms with E-state index in [-0.39, 0.29) is 11.9 Å². The van der Waals surface area contributed by atoms with Gasteiger partial charge in [-0.1, -0.05) is 42.8 Å². The SMILES string of the molecule is CCC(=O)N1CC=C(c2ccc3c(c2)C(Nc2cccc(Cl)c2)CCN2NNC(C)=C32)CC1. The molecule has 1 amide bonds. The number of amides is 1. The van der Waals surface area contributed by atoms with Gasteiger partial charge in [-0.3, -0.25) is 9.80 Å². The van der Waals surface area contributed by atoms with Crippen LogP contribution in [0.5, 0.6) is 0 Å². The van der Waals surface area contributed by atoms with E-state index in [1.165, 1.54) is 28.0 Å². The third-order valence-electron chi connectivity index (χ3n) is 6.73. The monoisotopic (exact) mass is 463 g/mol. The molecule has 6 nitrogen and oxygen atoms in total. The molecule has 172 valence electrons. The second kappa shape index (κ2) is 9.12. The highest BCUT2D eigenvalue weighted by Gasteiger charge is 2.30. The Hall–Kier alpha value is -2.96. The summed E-state index contributed by atoms with van der Waals surface area (Å²) in [4.78, 5) is 14.0. The van der Waals surface area contributed by atoms with Crippen molar-refractivity contribution in [3.63, 3.8) is 0 Å². The number of carbonyl (C=O) groups excluding carboxylic acids is 1. The zero-order chi connectivity index (χ0) is 22.9. The number of hydrogen-bond acceptors (Lipinski definition) is 5. The van der Waals surface area contributed by atoms with Gasteiger partial charge >= 0.3 is 0 Å². The summed E-state index contributed by atoms with van der Waals surface area (Å²) >= 11 is 6.25. The van der Waals surface area contributed by atoms with Crippen LogP contribution in [0.1, 0.15) is 55.8 Å². The summed E-state index contributed by atoms with van der Waals surface area (Å²) in [5.41, 5.74) is 15.0. The topological polar surface area (TPSA) is 59.6 Å². The quantitative estimate of drug-likeness (QED) is 0.599. The lowest BCUT2D eigenvalue weighted by Crippen LogP contribution is -2.37. The number of carbonyl (C=O) groups is 1. The molecule has 2 aromatic carbocycles. The van der Waals surface area contributed by atoms with Crippen LogP contribution in [0.2, 0.25) is 5.02 Å². The van der Waals surface area contributed by atoms with E-state index in [1.807, 2.05) is 30.0 Å². The number of hydrazine groups is 2. The van der Waals surface area contributed by atoms with Crippen molar-refractivity contribution in [3.05, 3.63) is 76.0 Å². The highest BCUT2D eigenvalue weighted by atomic mass is 35.5. The molecule has 0 aliphatic carbocycles. The van der Waals surface area contributed by atoms with Crippen molar-refractivity contribution in [2.45, 2.75) is 39.2 Å². The Kier molecular flexibility index (Phi) is 6.04. The van der Waals surface area contributed by atoms with Crippen molar-refractivity contribution in [3.8, 4) is 0 Å². The van der Waals surface area contributed by atoms with Crippen LogP contribution < -0.4 is 16.3 Å². The summed E-state index contributed by atoms with van der Waals surface area (Å²) in [6.07, 6.45) is 4.59. The van der Waals surface area contributed by atoms with Gasteiger partial charge in [0.15, 0.2) is 0 Å². The third-order valence-corrected chi connectivity index (χ3v) is 6.96. The zero-order valence-corrected chi connectivity index (χ0v) is 19.9. The number of fused-ring (bicyclic) bond motifs is 3. The van der Waals surface area contributed by atoms with Gasteiger partial charge in [-0.05, 0) is 60.7 Å². The molecular formula is C26H30ClN5O. The van der Waals surface area contributed by atoms with E-state index >= 15 is 0 Å². The van der Waals surface area contributed by atoms with Crippen LogP contribution in [0.3, 0.4) is 0 Å². The average Bonchev–Trinajstić information content (AvgIpc) is 3.13. The molecule has 3 aliphatic heterocycles. The summed E-state index contributed by atoms with van der Waals surface area (Å²) in [6, 6.07) is 14.9. The van der Waals surface area contributed by atoms with Crippen LogP contribution in [0, 0.1) is 0 Å². The van der Waals surface area contributed by atoms with Crippen LogP contribution in [-0.4, -0.2) is 35.5 Å². The first-order valence-electron chi connectivity index (χ1n) is 11.7. The number of rotatable bonds is 4. The molecule has 7 heteroatoms. The molecule has 3 N–H and O–H groups in total. The number of halogens is 1. The smallest absolute Gasteiger partial charge is 0.222 e. The number of hydrogen-bond donors (Lipinski definition) is 3. The predicted octanol–water partition coefficient (Wildman–Crippen LogP) is 4.94. The van der Waals surface area contributed by atoms with Crippen molar-refractivity contribution >= 4 is 34.5 Å². The molecule has 3 heterocycles. The van der Waals surface area contributed by atoms with Gasteiger partial charge in [0, 0.05) is 42.3 Å². The average molecular weight is 464 g/mol. The van der Waals surface area contributed by atoms with Crippen LogP contribution in [0.25, 0.3) is 11.3 Å². The summed E-state index contributed by atoms with van der Waals surface area (Å²) in [6.45, 7) is 6.38. The molecule has 0 aromatic heterocycles. The fourth-order valence-corrected chi connectivity index (χ4v) is 5.17. The van der Waals surface area contributed by atoms with Gasteiger partial charge in [-0.25, -0.2) is 0 Å². The maximum atomic E-state index is 12.1. The van der Waals surface area contributed by atoms with Crippen molar-refractivity contribution in [1.29, 1.82) is 0 Å². The highest BCUT2D eigenvalue weighted by molar-refractivity contribution is 6.30. The minimum absolute atomic E-state index is 0.147. The summed E-state index contributed by atoms with van der Waals surface area (Å²) in [5.74, 6) is 0.224. The summed E-state index contributed by atoms with van der Waals surface area (Å²) in [7, 11) is 0. The molecule has 1 atom stereocenters. The molecule has 33 heavy (non-hydrogen) atoms. The first-order chi connectivity index (χ1) is 16.0. The second-order valence-corrected chi connectivity index (χ2v) is 9.27. The van der Waals surface area contributed by atoms with E-state index < -0.39 is 0 Å². The van der Waals surface area contributed by atoms with E-state index in [0.717, 1.165) is 42.3 Å². The fraction of sp³-hybridized carbons (Fsp3) is 0.346. The molecule has 2 aromatic rings. The molecule has 5 rings (SSSR count). The molecule has 0 spiro atoms. The Balaban J connectivity index is 1.52. The predicted molar refractivity (Wildman–Crippen MR) is 134 cm³/mol. The third kappa shape index (κ3) is 4.33. The van der Waals surface area contributed by atoms with E-state index in [0.29, 0.717) is 13.0 Å². The summed E-state index contributed by atoms with van der Waals surface area (Å²) < 4.78 is 0. The Morgan fingerprint density at radius 2 is 2.09 bits per heavy atom. The Labute approximate surface area is 200 Å². The Bertz CT molecular complexity index is 1140. The van der Waals surface area contributed by atoms with Gasteiger partial charge in [0.2, 0.25) is 5.91 Å². The number of allylic oxidation sites excluding steroid dienone is 1. The number of nitrogens with one attached hydrogen (secondary N) is 3. The van der Waals surface area contributed by atoms with E-state index in [1.54, 1.807) is 0 Å². The number of benzene rings is 2. The second-order valence-electron chi connectivity index (χ2n) is 8.83. The van der Waals surface area contributed by atoms with Gasteiger partial charge in [0.05, 0.1) is 17.4 Å². The Morgan fingerprint density at radius 1 is 1.21 bits per heavy atom. The summed E-state index contributed by atoms with van der Waals surface area (Å²) in [5, 5.41) is 6.65. The molecule has 0 saturated heterocycles. The molecule has 1 unspecified atom stereocenters. The normalized spacial score (nSPS) is 20.0. The molecule has 3 aliphatic rings. The van der Waals surface area contributed by atoms with Crippen molar-refractivity contribution < 1.29 is 4.79 Å². The van der Waals surface area contributed by atoms with Crippen molar-refractivity contribution in [2.75, 3.05) is 25.0 Å². The van der Waals surface area contributed by atoms with Crippen LogP contribution in [-0.2, 0) is 4.79 Å². The van der Waals surface area contributed by atoms with E-state index in [2.05, 4.69) is 58.6 Å². The van der Waals surface area contributed by atoms with Gasteiger partial charge in [-0.2, -0.15) is 0 Å². The van der Waals surface area contributed by atoms with Crippen LogP contribution in [0.15, 0.2) is 54.2 Å². The van der Waals surface area contributed by atoms with Crippen molar-refractivity contribution in [2.24, 2.45) is 0 Å². The van der Waals surface area contributed by atoms with Gasteiger partial charge in [-0.15, -0.1) is 5.53 Å². The van der Waals surface area contributed by atoms with E-state index in [4.69, 9.17) is 11.6 Å². The first kappa shape index (κ1) is 21.9. The minimum atomic E-state index is 0.147. The lowest BCUT2D eigenvalue weighted by atomic mass is 9.90. The van der Waals surface area contributed by atoms with Crippen LogP contribution >= 0.6 is 11.6 Å². The minimum Gasteiger partial charge on any atom is -0.378 e. The molecule has 0 radical (unpaired) electrons. The van der Waals surface area contributed by atoms with Gasteiger partial charge in [0.25, 0.3) is 0 Å². The van der Waals surface area contributed by atoms with Gasteiger partial charge < -0.3 is 15.6 Å². The lowest BCUT2D eigenvalue weighted by molar-refractivity contribution is -0.130.